The molecule has 1 heterocycles. The fourth-order valence-corrected chi connectivity index (χ4v) is 2.42. The molecule has 2 aromatic carbocycles. The third kappa shape index (κ3) is 4.30. The molecule has 0 saturated heterocycles. The summed E-state index contributed by atoms with van der Waals surface area (Å²) in [5.74, 6) is 1.38. The molecule has 5 nitrogen and oxygen atoms in total. The number of benzene rings is 2. The van der Waals surface area contributed by atoms with Gasteiger partial charge in [0.25, 0.3) is 0 Å². The van der Waals surface area contributed by atoms with Gasteiger partial charge in [0.05, 0.1) is 13.7 Å². The Labute approximate surface area is 152 Å². The van der Waals surface area contributed by atoms with Crippen LogP contribution in [0.3, 0.4) is 0 Å². The van der Waals surface area contributed by atoms with Gasteiger partial charge in [0.2, 0.25) is 5.90 Å². The van der Waals surface area contributed by atoms with Crippen molar-refractivity contribution in [2.24, 2.45) is 4.99 Å². The average Bonchev–Trinajstić information content (AvgIpc) is 3.04. The number of ether oxygens (including phenoxy) is 3. The lowest BCUT2D eigenvalue weighted by atomic mass is 10.2. The summed E-state index contributed by atoms with van der Waals surface area (Å²) in [6.07, 6.45) is 3.83. The van der Waals surface area contributed by atoms with Crippen molar-refractivity contribution in [1.82, 2.24) is 0 Å². The Balaban J connectivity index is 1.73. The molecule has 0 spiro atoms. The maximum atomic E-state index is 12.1. The molecule has 0 radical (unpaired) electrons. The molecule has 0 aromatic heterocycles. The topological polar surface area (TPSA) is 57.1 Å². The van der Waals surface area contributed by atoms with Crippen molar-refractivity contribution in [1.29, 1.82) is 0 Å². The highest BCUT2D eigenvalue weighted by Crippen LogP contribution is 2.22. The van der Waals surface area contributed by atoms with Gasteiger partial charge in [-0.3, -0.25) is 0 Å². The van der Waals surface area contributed by atoms with Crippen LogP contribution < -0.4 is 9.47 Å². The van der Waals surface area contributed by atoms with E-state index < -0.39 is 5.97 Å². The third-order valence-corrected chi connectivity index (χ3v) is 3.91. The number of cyclic esters (lactones) is 1. The highest BCUT2D eigenvalue weighted by atomic mass is 16.6. The van der Waals surface area contributed by atoms with Crippen LogP contribution in [0.1, 0.15) is 30.9 Å². The van der Waals surface area contributed by atoms with Crippen molar-refractivity contribution in [3.63, 3.8) is 0 Å². The SMILES string of the molecule is CCCCOc1ccc(/C=C2\N=C(c3ccc(OC)cc3)OC2=O)cc1. The van der Waals surface area contributed by atoms with E-state index in [0.29, 0.717) is 12.5 Å². The van der Waals surface area contributed by atoms with E-state index in [1.165, 1.54) is 0 Å². The standard InChI is InChI=1S/C21H21NO4/c1-3-4-13-25-18-9-5-15(6-10-18)14-19-21(23)26-20(22-19)16-7-11-17(24-2)12-8-16/h5-12,14H,3-4,13H2,1-2H3/b19-14-. The average molecular weight is 351 g/mol. The van der Waals surface area contributed by atoms with Crippen molar-refractivity contribution < 1.29 is 19.0 Å². The largest absolute Gasteiger partial charge is 0.497 e. The molecule has 2 aromatic rings. The summed E-state index contributed by atoms with van der Waals surface area (Å²) in [7, 11) is 1.60. The molecule has 0 aliphatic carbocycles. The highest BCUT2D eigenvalue weighted by Gasteiger charge is 2.24. The monoisotopic (exact) mass is 351 g/mol. The van der Waals surface area contributed by atoms with Crippen molar-refractivity contribution >= 4 is 17.9 Å². The predicted molar refractivity (Wildman–Crippen MR) is 100 cm³/mol. The lowest BCUT2D eigenvalue weighted by Gasteiger charge is -2.05. The molecule has 0 bridgehead atoms. The molecule has 0 fully saturated rings. The van der Waals surface area contributed by atoms with Crippen LogP contribution >= 0.6 is 0 Å². The molecule has 0 N–H and O–H groups in total. The number of carbonyl (C=O) groups excluding carboxylic acids is 1. The number of nitrogens with zero attached hydrogens (tertiary/aromatic N) is 1. The van der Waals surface area contributed by atoms with Gasteiger partial charge in [-0.25, -0.2) is 9.79 Å². The van der Waals surface area contributed by atoms with E-state index >= 15 is 0 Å². The zero-order valence-electron chi connectivity index (χ0n) is 14.9. The lowest BCUT2D eigenvalue weighted by molar-refractivity contribution is -0.129. The molecule has 1 aliphatic rings. The number of aliphatic imine (C=N–C) groups is 1. The maximum Gasteiger partial charge on any atom is 0.363 e. The van der Waals surface area contributed by atoms with Gasteiger partial charge in [-0.1, -0.05) is 25.5 Å². The molecule has 26 heavy (non-hydrogen) atoms. The van der Waals surface area contributed by atoms with Gasteiger partial charge in [0.15, 0.2) is 5.70 Å². The van der Waals surface area contributed by atoms with Gasteiger partial charge in [-0.05, 0) is 54.5 Å². The molecule has 134 valence electrons. The lowest BCUT2D eigenvalue weighted by Crippen LogP contribution is -2.05. The molecule has 0 atom stereocenters. The van der Waals surface area contributed by atoms with Crippen molar-refractivity contribution in [2.75, 3.05) is 13.7 Å². The first kappa shape index (κ1) is 17.7. The first-order valence-electron chi connectivity index (χ1n) is 8.59. The van der Waals surface area contributed by atoms with E-state index in [-0.39, 0.29) is 5.70 Å². The number of unbranched alkanes of at least 4 members (excludes halogenated alkanes) is 1. The van der Waals surface area contributed by atoms with Crippen molar-refractivity contribution in [3.05, 3.63) is 65.4 Å². The van der Waals surface area contributed by atoms with E-state index in [4.69, 9.17) is 14.2 Å². The van der Waals surface area contributed by atoms with E-state index in [9.17, 15) is 4.79 Å². The van der Waals surface area contributed by atoms with Crippen LogP contribution in [-0.2, 0) is 9.53 Å². The van der Waals surface area contributed by atoms with Crippen LogP contribution in [0.2, 0.25) is 0 Å². The number of methoxy groups -OCH3 is 1. The quantitative estimate of drug-likeness (QED) is 0.426. The van der Waals surface area contributed by atoms with Crippen molar-refractivity contribution in [3.8, 4) is 11.5 Å². The van der Waals surface area contributed by atoms with Crippen LogP contribution in [0, 0.1) is 0 Å². The molecule has 0 unspecified atom stereocenters. The smallest absolute Gasteiger partial charge is 0.363 e. The Morgan fingerprint density at radius 1 is 1.04 bits per heavy atom. The second-order valence-corrected chi connectivity index (χ2v) is 5.84. The van der Waals surface area contributed by atoms with Crippen LogP contribution in [0.4, 0.5) is 0 Å². The predicted octanol–water partition coefficient (Wildman–Crippen LogP) is 4.22. The summed E-state index contributed by atoms with van der Waals surface area (Å²) in [6, 6.07) is 14.7. The van der Waals surface area contributed by atoms with Gasteiger partial charge >= 0.3 is 5.97 Å². The summed E-state index contributed by atoms with van der Waals surface area (Å²) >= 11 is 0. The number of hydrogen-bond donors (Lipinski definition) is 0. The normalized spacial score (nSPS) is 14.9. The minimum atomic E-state index is -0.459. The first-order chi connectivity index (χ1) is 12.7. The number of hydrogen-bond acceptors (Lipinski definition) is 5. The zero-order valence-corrected chi connectivity index (χ0v) is 14.9. The Bertz CT molecular complexity index is 820. The Hall–Kier alpha value is -3.08. The van der Waals surface area contributed by atoms with Crippen LogP contribution in [-0.4, -0.2) is 25.6 Å². The Morgan fingerprint density at radius 3 is 2.38 bits per heavy atom. The molecule has 5 heteroatoms. The molecular formula is C21H21NO4. The zero-order chi connectivity index (χ0) is 18.4. The molecule has 1 aliphatic heterocycles. The maximum absolute atomic E-state index is 12.1. The minimum Gasteiger partial charge on any atom is -0.497 e. The Kier molecular flexibility index (Phi) is 5.69. The van der Waals surface area contributed by atoms with Gasteiger partial charge in [-0.2, -0.15) is 0 Å². The first-order valence-corrected chi connectivity index (χ1v) is 8.59. The highest BCUT2D eigenvalue weighted by molar-refractivity contribution is 6.12. The van der Waals surface area contributed by atoms with Crippen LogP contribution in [0.5, 0.6) is 11.5 Å². The van der Waals surface area contributed by atoms with Gasteiger partial charge < -0.3 is 14.2 Å². The Morgan fingerprint density at radius 2 is 1.73 bits per heavy atom. The van der Waals surface area contributed by atoms with E-state index in [1.54, 1.807) is 37.5 Å². The summed E-state index contributed by atoms with van der Waals surface area (Å²) in [6.45, 7) is 2.83. The molecular weight excluding hydrogens is 330 g/mol. The number of carbonyl (C=O) groups is 1. The van der Waals surface area contributed by atoms with Gasteiger partial charge in [0.1, 0.15) is 11.5 Å². The van der Waals surface area contributed by atoms with E-state index in [2.05, 4.69) is 11.9 Å². The summed E-state index contributed by atoms with van der Waals surface area (Å²) in [5.41, 5.74) is 1.86. The number of esters is 1. The minimum absolute atomic E-state index is 0.274. The fourth-order valence-electron chi connectivity index (χ4n) is 2.42. The second-order valence-electron chi connectivity index (χ2n) is 5.84. The number of rotatable bonds is 7. The fraction of sp³-hybridized carbons (Fsp3) is 0.238. The molecule has 0 amide bonds. The van der Waals surface area contributed by atoms with E-state index in [1.807, 2.05) is 24.3 Å². The van der Waals surface area contributed by atoms with Gasteiger partial charge in [-0.15, -0.1) is 0 Å². The van der Waals surface area contributed by atoms with E-state index in [0.717, 1.165) is 35.5 Å². The third-order valence-electron chi connectivity index (χ3n) is 3.91. The molecule has 0 saturated carbocycles. The second kappa shape index (κ2) is 8.34. The summed E-state index contributed by atoms with van der Waals surface area (Å²) in [5, 5.41) is 0. The van der Waals surface area contributed by atoms with Crippen LogP contribution in [0.15, 0.2) is 59.2 Å². The van der Waals surface area contributed by atoms with Crippen LogP contribution in [0.25, 0.3) is 6.08 Å². The van der Waals surface area contributed by atoms with Gasteiger partial charge in [0, 0.05) is 5.56 Å². The summed E-state index contributed by atoms with van der Waals surface area (Å²) < 4.78 is 16.0. The molecule has 3 rings (SSSR count). The van der Waals surface area contributed by atoms with Crippen molar-refractivity contribution in [2.45, 2.75) is 19.8 Å². The summed E-state index contributed by atoms with van der Waals surface area (Å²) in [4.78, 5) is 16.4.